The molecule has 2 aromatic rings. The Morgan fingerprint density at radius 2 is 2.06 bits per heavy atom. The van der Waals surface area contributed by atoms with Crippen LogP contribution in [0.1, 0.15) is 22.4 Å². The molecule has 0 saturated heterocycles. The van der Waals surface area contributed by atoms with Crippen molar-refractivity contribution in [3.8, 4) is 0 Å². The molecule has 0 fully saturated rings. The first kappa shape index (κ1) is 11.9. The molecule has 1 aromatic carbocycles. The third-order valence-electron chi connectivity index (χ3n) is 2.13. The molecule has 1 aromatic heterocycles. The molecule has 5 heteroatoms. The molecule has 0 amide bonds. The van der Waals surface area contributed by atoms with Gasteiger partial charge in [-0.2, -0.15) is 0 Å². The van der Waals surface area contributed by atoms with Crippen LogP contribution in [0, 0.1) is 6.92 Å². The zero-order valence-corrected chi connectivity index (χ0v) is 10.8. The Balaban J connectivity index is 2.33. The summed E-state index contributed by atoms with van der Waals surface area (Å²) >= 11 is 13.1. The van der Waals surface area contributed by atoms with E-state index in [1.165, 1.54) is 11.3 Å². The minimum Gasteiger partial charge on any atom is -0.381 e. The van der Waals surface area contributed by atoms with E-state index in [4.69, 9.17) is 23.2 Å². The summed E-state index contributed by atoms with van der Waals surface area (Å²) in [6, 6.07) is 5.07. The molecule has 2 nitrogen and oxygen atoms in total. The highest BCUT2D eigenvalue weighted by molar-refractivity contribution is 7.09. The van der Waals surface area contributed by atoms with Crippen molar-refractivity contribution in [2.24, 2.45) is 0 Å². The van der Waals surface area contributed by atoms with Crippen molar-refractivity contribution in [2.75, 3.05) is 0 Å². The van der Waals surface area contributed by atoms with Crippen LogP contribution in [0.15, 0.2) is 23.6 Å². The molecule has 16 heavy (non-hydrogen) atoms. The molecule has 0 aliphatic carbocycles. The van der Waals surface area contributed by atoms with Crippen molar-refractivity contribution in [3.63, 3.8) is 0 Å². The molecule has 0 aliphatic heterocycles. The summed E-state index contributed by atoms with van der Waals surface area (Å²) in [5, 5.41) is 13.5. The Morgan fingerprint density at radius 3 is 2.62 bits per heavy atom. The second-order valence-electron chi connectivity index (χ2n) is 3.40. The first-order valence-corrected chi connectivity index (χ1v) is 6.26. The van der Waals surface area contributed by atoms with Crippen molar-refractivity contribution in [2.45, 2.75) is 13.0 Å². The molecular weight excluding hydrogens is 265 g/mol. The van der Waals surface area contributed by atoms with E-state index in [0.717, 1.165) is 5.69 Å². The van der Waals surface area contributed by atoms with Gasteiger partial charge in [0.05, 0.1) is 10.0 Å². The fraction of sp³-hybridized carbons (Fsp3) is 0.182. The standard InChI is InChI=1S/C11H9Cl2NOS/c1-6-5-16-11(14-6)10(15)7-2-3-8(12)9(13)4-7/h2-5,10,15H,1H3. The molecule has 0 spiro atoms. The number of hydrogen-bond acceptors (Lipinski definition) is 3. The van der Waals surface area contributed by atoms with Gasteiger partial charge in [-0.3, -0.25) is 0 Å². The number of hydrogen-bond donors (Lipinski definition) is 1. The Hall–Kier alpha value is -0.610. The highest BCUT2D eigenvalue weighted by atomic mass is 35.5. The van der Waals surface area contributed by atoms with Gasteiger partial charge < -0.3 is 5.11 Å². The van der Waals surface area contributed by atoms with Crippen molar-refractivity contribution < 1.29 is 5.11 Å². The zero-order chi connectivity index (χ0) is 11.7. The lowest BCUT2D eigenvalue weighted by Gasteiger charge is -2.08. The van der Waals surface area contributed by atoms with Crippen LogP contribution in [0.4, 0.5) is 0 Å². The van der Waals surface area contributed by atoms with Crippen LogP contribution in [0.25, 0.3) is 0 Å². The van der Waals surface area contributed by atoms with Crippen LogP contribution in [0.5, 0.6) is 0 Å². The van der Waals surface area contributed by atoms with E-state index in [0.29, 0.717) is 20.6 Å². The number of nitrogens with zero attached hydrogens (tertiary/aromatic N) is 1. The highest BCUT2D eigenvalue weighted by Gasteiger charge is 2.14. The average molecular weight is 274 g/mol. The van der Waals surface area contributed by atoms with Gasteiger partial charge in [0.25, 0.3) is 0 Å². The number of aliphatic hydroxyl groups is 1. The Labute approximate surface area is 107 Å². The number of halogens is 2. The second-order valence-corrected chi connectivity index (χ2v) is 5.11. The summed E-state index contributed by atoms with van der Waals surface area (Å²) in [6.07, 6.45) is -0.742. The van der Waals surface area contributed by atoms with Crippen molar-refractivity contribution >= 4 is 34.5 Å². The zero-order valence-electron chi connectivity index (χ0n) is 8.45. The molecule has 1 N–H and O–H groups in total. The third kappa shape index (κ3) is 2.38. The lowest BCUT2D eigenvalue weighted by molar-refractivity contribution is 0.219. The van der Waals surface area contributed by atoms with Gasteiger partial charge in [0, 0.05) is 11.1 Å². The topological polar surface area (TPSA) is 33.1 Å². The molecule has 84 valence electrons. The van der Waals surface area contributed by atoms with Gasteiger partial charge >= 0.3 is 0 Å². The van der Waals surface area contributed by atoms with E-state index in [-0.39, 0.29) is 0 Å². The summed E-state index contributed by atoms with van der Waals surface area (Å²) < 4.78 is 0. The van der Waals surface area contributed by atoms with Gasteiger partial charge in [0.2, 0.25) is 0 Å². The Bertz CT molecular complexity index is 512. The fourth-order valence-corrected chi connectivity index (χ4v) is 2.44. The van der Waals surface area contributed by atoms with E-state index in [1.54, 1.807) is 18.2 Å². The van der Waals surface area contributed by atoms with Crippen molar-refractivity contribution in [1.82, 2.24) is 4.98 Å². The number of aliphatic hydroxyl groups excluding tert-OH is 1. The number of rotatable bonds is 2. The molecule has 0 bridgehead atoms. The third-order valence-corrected chi connectivity index (χ3v) is 3.88. The number of aromatic nitrogens is 1. The number of benzene rings is 1. The van der Waals surface area contributed by atoms with E-state index in [9.17, 15) is 5.11 Å². The van der Waals surface area contributed by atoms with Crippen LogP contribution in [-0.2, 0) is 0 Å². The molecule has 1 heterocycles. The summed E-state index contributed by atoms with van der Waals surface area (Å²) in [4.78, 5) is 4.23. The SMILES string of the molecule is Cc1csc(C(O)c2ccc(Cl)c(Cl)c2)n1. The molecular formula is C11H9Cl2NOS. The summed E-state index contributed by atoms with van der Waals surface area (Å²) in [5.74, 6) is 0. The fourth-order valence-electron chi connectivity index (χ4n) is 1.32. The van der Waals surface area contributed by atoms with Gasteiger partial charge in [-0.25, -0.2) is 4.98 Å². The van der Waals surface area contributed by atoms with Crippen LogP contribution < -0.4 is 0 Å². The number of aryl methyl sites for hydroxylation is 1. The first-order valence-electron chi connectivity index (χ1n) is 4.63. The average Bonchev–Trinajstić information content (AvgIpc) is 2.68. The smallest absolute Gasteiger partial charge is 0.131 e. The maximum Gasteiger partial charge on any atom is 0.131 e. The van der Waals surface area contributed by atoms with E-state index in [1.807, 2.05) is 12.3 Å². The van der Waals surface area contributed by atoms with Crippen LogP contribution in [0.2, 0.25) is 10.0 Å². The first-order chi connectivity index (χ1) is 7.58. The molecule has 0 saturated carbocycles. The van der Waals surface area contributed by atoms with Gasteiger partial charge in [-0.15, -0.1) is 11.3 Å². The van der Waals surface area contributed by atoms with E-state index in [2.05, 4.69) is 4.98 Å². The Morgan fingerprint density at radius 1 is 1.31 bits per heavy atom. The molecule has 2 rings (SSSR count). The lowest BCUT2D eigenvalue weighted by Crippen LogP contribution is -1.99. The van der Waals surface area contributed by atoms with Gasteiger partial charge in [-0.1, -0.05) is 29.3 Å². The van der Waals surface area contributed by atoms with Crippen molar-refractivity contribution in [1.29, 1.82) is 0 Å². The van der Waals surface area contributed by atoms with Crippen LogP contribution in [-0.4, -0.2) is 10.1 Å². The van der Waals surface area contributed by atoms with Gasteiger partial charge in [0.1, 0.15) is 11.1 Å². The quantitative estimate of drug-likeness (QED) is 0.902. The minimum absolute atomic E-state index is 0.437. The summed E-state index contributed by atoms with van der Waals surface area (Å²) in [7, 11) is 0. The lowest BCUT2D eigenvalue weighted by atomic mass is 10.1. The van der Waals surface area contributed by atoms with Crippen LogP contribution >= 0.6 is 34.5 Å². The minimum atomic E-state index is -0.742. The highest BCUT2D eigenvalue weighted by Crippen LogP contribution is 2.29. The largest absolute Gasteiger partial charge is 0.381 e. The van der Waals surface area contributed by atoms with Gasteiger partial charge in [-0.05, 0) is 24.6 Å². The molecule has 1 unspecified atom stereocenters. The van der Waals surface area contributed by atoms with Gasteiger partial charge in [0.15, 0.2) is 0 Å². The predicted molar refractivity (Wildman–Crippen MR) is 67.4 cm³/mol. The second kappa shape index (κ2) is 4.72. The summed E-state index contributed by atoms with van der Waals surface area (Å²) in [5.41, 5.74) is 1.60. The van der Waals surface area contributed by atoms with E-state index < -0.39 is 6.10 Å². The molecule has 0 aliphatic rings. The Kier molecular flexibility index (Phi) is 3.50. The summed E-state index contributed by atoms with van der Waals surface area (Å²) in [6.45, 7) is 1.89. The van der Waals surface area contributed by atoms with E-state index >= 15 is 0 Å². The number of thiazole rings is 1. The van der Waals surface area contributed by atoms with Crippen molar-refractivity contribution in [3.05, 3.63) is 49.9 Å². The van der Waals surface area contributed by atoms with Crippen LogP contribution in [0.3, 0.4) is 0 Å². The maximum atomic E-state index is 10.1. The molecule has 0 radical (unpaired) electrons. The molecule has 1 atom stereocenters. The maximum absolute atomic E-state index is 10.1. The monoisotopic (exact) mass is 273 g/mol. The predicted octanol–water partition coefficient (Wildman–Crippen LogP) is 3.84. The normalized spacial score (nSPS) is 12.8.